The molecule has 5 nitrogen and oxygen atoms in total. The maximum Gasteiger partial charge on any atom is 0.295 e. The van der Waals surface area contributed by atoms with Crippen LogP contribution >= 0.6 is 0 Å². The second-order valence-corrected chi connectivity index (χ2v) is 5.56. The molecule has 2 rings (SSSR count). The van der Waals surface area contributed by atoms with Crippen LogP contribution < -0.4 is 4.72 Å². The standard InChI is InChI=1S/C12H12FNO4S/c1-8-2-3-9(6-11(8)13)14-19(16,17)12-5-4-10(7-15)18-12/h2-6,14-15H,7H2,1H3. The van der Waals surface area contributed by atoms with Crippen molar-refractivity contribution < 1.29 is 22.3 Å². The van der Waals surface area contributed by atoms with E-state index in [9.17, 15) is 12.8 Å². The highest BCUT2D eigenvalue weighted by molar-refractivity contribution is 7.92. The van der Waals surface area contributed by atoms with Gasteiger partial charge in [0, 0.05) is 0 Å². The van der Waals surface area contributed by atoms with Crippen molar-refractivity contribution in [2.75, 3.05) is 4.72 Å². The number of aliphatic hydroxyl groups is 1. The lowest BCUT2D eigenvalue weighted by Crippen LogP contribution is -2.12. The quantitative estimate of drug-likeness (QED) is 0.900. The van der Waals surface area contributed by atoms with Gasteiger partial charge in [0.25, 0.3) is 10.0 Å². The molecular weight excluding hydrogens is 273 g/mol. The van der Waals surface area contributed by atoms with E-state index < -0.39 is 22.4 Å². The number of nitrogens with one attached hydrogen (secondary N) is 1. The first-order chi connectivity index (χ1) is 8.92. The minimum absolute atomic E-state index is 0.102. The second-order valence-electron chi connectivity index (χ2n) is 3.95. The normalized spacial score (nSPS) is 11.5. The fraction of sp³-hybridized carbons (Fsp3) is 0.167. The molecule has 1 aromatic heterocycles. The third-order valence-electron chi connectivity index (χ3n) is 2.48. The van der Waals surface area contributed by atoms with Gasteiger partial charge in [0.2, 0.25) is 5.09 Å². The number of aliphatic hydroxyl groups excluding tert-OH is 1. The van der Waals surface area contributed by atoms with Gasteiger partial charge in [0.15, 0.2) is 0 Å². The number of benzene rings is 1. The molecule has 2 N–H and O–H groups in total. The number of sulfonamides is 1. The van der Waals surface area contributed by atoms with Crippen LogP contribution in [0, 0.1) is 12.7 Å². The van der Waals surface area contributed by atoms with Crippen molar-refractivity contribution in [3.63, 3.8) is 0 Å². The molecular formula is C12H12FNO4S. The fourth-order valence-corrected chi connectivity index (χ4v) is 2.45. The Morgan fingerprint density at radius 1 is 1.32 bits per heavy atom. The van der Waals surface area contributed by atoms with E-state index >= 15 is 0 Å². The summed E-state index contributed by atoms with van der Waals surface area (Å²) >= 11 is 0. The van der Waals surface area contributed by atoms with Gasteiger partial charge in [0.05, 0.1) is 5.69 Å². The van der Waals surface area contributed by atoms with Gasteiger partial charge in [-0.15, -0.1) is 0 Å². The summed E-state index contributed by atoms with van der Waals surface area (Å²) in [6, 6.07) is 6.58. The largest absolute Gasteiger partial charge is 0.445 e. The Morgan fingerprint density at radius 2 is 2.05 bits per heavy atom. The Bertz CT molecular complexity index is 694. The van der Waals surface area contributed by atoms with E-state index in [-0.39, 0.29) is 16.5 Å². The summed E-state index contributed by atoms with van der Waals surface area (Å²) in [5, 5.41) is 8.48. The van der Waals surface area contributed by atoms with E-state index in [4.69, 9.17) is 9.52 Å². The zero-order valence-electron chi connectivity index (χ0n) is 10.1. The SMILES string of the molecule is Cc1ccc(NS(=O)(=O)c2ccc(CO)o2)cc1F. The second kappa shape index (κ2) is 5.02. The van der Waals surface area contributed by atoms with Gasteiger partial charge in [0.1, 0.15) is 18.2 Å². The zero-order valence-corrected chi connectivity index (χ0v) is 10.9. The van der Waals surface area contributed by atoms with E-state index in [1.165, 1.54) is 24.3 Å². The summed E-state index contributed by atoms with van der Waals surface area (Å²) in [5.41, 5.74) is 0.522. The van der Waals surface area contributed by atoms with Gasteiger partial charge >= 0.3 is 0 Å². The molecule has 19 heavy (non-hydrogen) atoms. The van der Waals surface area contributed by atoms with Crippen LogP contribution in [0.3, 0.4) is 0 Å². The van der Waals surface area contributed by atoms with E-state index in [2.05, 4.69) is 4.72 Å². The van der Waals surface area contributed by atoms with Crippen LogP contribution in [0.25, 0.3) is 0 Å². The summed E-state index contributed by atoms with van der Waals surface area (Å²) in [6.07, 6.45) is 0. The highest BCUT2D eigenvalue weighted by Gasteiger charge is 2.19. The van der Waals surface area contributed by atoms with Gasteiger partial charge in [-0.05, 0) is 36.8 Å². The van der Waals surface area contributed by atoms with Gasteiger partial charge in [-0.3, -0.25) is 4.72 Å². The third-order valence-corrected chi connectivity index (χ3v) is 3.74. The average Bonchev–Trinajstić information content (AvgIpc) is 2.83. The number of hydrogen-bond donors (Lipinski definition) is 2. The smallest absolute Gasteiger partial charge is 0.295 e. The summed E-state index contributed by atoms with van der Waals surface area (Å²) < 4.78 is 44.3. The highest BCUT2D eigenvalue weighted by atomic mass is 32.2. The topological polar surface area (TPSA) is 79.5 Å². The van der Waals surface area contributed by atoms with E-state index in [1.54, 1.807) is 6.92 Å². The van der Waals surface area contributed by atoms with E-state index in [0.717, 1.165) is 6.07 Å². The molecule has 0 spiro atoms. The lowest BCUT2D eigenvalue weighted by molar-refractivity contribution is 0.236. The van der Waals surface area contributed by atoms with Crippen LogP contribution in [0.15, 0.2) is 39.8 Å². The van der Waals surface area contributed by atoms with Crippen LogP contribution in [0.5, 0.6) is 0 Å². The van der Waals surface area contributed by atoms with Crippen LogP contribution in [0.4, 0.5) is 10.1 Å². The minimum Gasteiger partial charge on any atom is -0.445 e. The monoisotopic (exact) mass is 285 g/mol. The van der Waals surface area contributed by atoms with Crippen molar-refractivity contribution in [1.29, 1.82) is 0 Å². The van der Waals surface area contributed by atoms with Crippen molar-refractivity contribution in [3.8, 4) is 0 Å². The number of hydrogen-bond acceptors (Lipinski definition) is 4. The summed E-state index contributed by atoms with van der Waals surface area (Å²) in [6.45, 7) is 1.18. The molecule has 1 heterocycles. The predicted molar refractivity (Wildman–Crippen MR) is 66.6 cm³/mol. The Hall–Kier alpha value is -1.86. The van der Waals surface area contributed by atoms with Gasteiger partial charge in [-0.1, -0.05) is 6.07 Å². The average molecular weight is 285 g/mol. The first kappa shape index (κ1) is 13.6. The van der Waals surface area contributed by atoms with Gasteiger partial charge < -0.3 is 9.52 Å². The molecule has 1 aromatic carbocycles. The summed E-state index contributed by atoms with van der Waals surface area (Å²) in [7, 11) is -3.93. The first-order valence-corrected chi connectivity index (χ1v) is 6.89. The van der Waals surface area contributed by atoms with Crippen LogP contribution in [0.2, 0.25) is 0 Å². The van der Waals surface area contributed by atoms with Crippen LogP contribution in [-0.4, -0.2) is 13.5 Å². The van der Waals surface area contributed by atoms with Crippen LogP contribution in [-0.2, 0) is 16.6 Å². The number of furan rings is 1. The maximum atomic E-state index is 13.3. The molecule has 0 fully saturated rings. The predicted octanol–water partition coefficient (Wildman–Crippen LogP) is 2.02. The molecule has 0 aliphatic heterocycles. The maximum absolute atomic E-state index is 13.3. The van der Waals surface area contributed by atoms with Crippen molar-refractivity contribution in [1.82, 2.24) is 0 Å². The molecule has 102 valence electrons. The Labute approximate surface area is 109 Å². The lowest BCUT2D eigenvalue weighted by atomic mass is 10.2. The lowest BCUT2D eigenvalue weighted by Gasteiger charge is -2.06. The third kappa shape index (κ3) is 2.94. The number of aryl methyl sites for hydroxylation is 1. The van der Waals surface area contributed by atoms with Crippen LogP contribution in [0.1, 0.15) is 11.3 Å². The van der Waals surface area contributed by atoms with Crippen molar-refractivity contribution in [2.45, 2.75) is 18.6 Å². The molecule has 0 aliphatic rings. The highest BCUT2D eigenvalue weighted by Crippen LogP contribution is 2.20. The Balaban J connectivity index is 2.28. The molecule has 0 saturated carbocycles. The summed E-state index contributed by atoms with van der Waals surface area (Å²) in [4.78, 5) is 0. The Kier molecular flexibility index (Phi) is 3.59. The molecule has 0 bridgehead atoms. The molecule has 2 aromatic rings. The molecule has 0 amide bonds. The Morgan fingerprint density at radius 3 is 2.63 bits per heavy atom. The zero-order chi connectivity index (χ0) is 14.0. The van der Waals surface area contributed by atoms with E-state index in [1.807, 2.05) is 0 Å². The molecule has 7 heteroatoms. The molecule has 0 atom stereocenters. The minimum atomic E-state index is -3.93. The first-order valence-electron chi connectivity index (χ1n) is 5.41. The van der Waals surface area contributed by atoms with Gasteiger partial charge in [-0.2, -0.15) is 8.42 Å². The van der Waals surface area contributed by atoms with E-state index in [0.29, 0.717) is 5.56 Å². The van der Waals surface area contributed by atoms with Crippen molar-refractivity contribution in [3.05, 3.63) is 47.5 Å². The summed E-state index contributed by atoms with van der Waals surface area (Å²) in [5.74, 6) is -0.369. The number of halogens is 1. The number of rotatable bonds is 4. The van der Waals surface area contributed by atoms with Gasteiger partial charge in [-0.25, -0.2) is 4.39 Å². The molecule has 0 saturated heterocycles. The molecule has 0 aliphatic carbocycles. The molecule has 0 radical (unpaired) electrons. The number of anilines is 1. The molecule has 0 unspecified atom stereocenters. The van der Waals surface area contributed by atoms with Crippen molar-refractivity contribution >= 4 is 15.7 Å². The fourth-order valence-electron chi connectivity index (χ4n) is 1.45. The van der Waals surface area contributed by atoms with Crippen molar-refractivity contribution in [2.24, 2.45) is 0 Å².